The van der Waals surface area contributed by atoms with E-state index in [1.54, 1.807) is 0 Å². The van der Waals surface area contributed by atoms with Crippen LogP contribution in [-0.4, -0.2) is 25.1 Å². The molecule has 1 aliphatic rings. The quantitative estimate of drug-likeness (QED) is 0.845. The van der Waals surface area contributed by atoms with Crippen LogP contribution in [-0.2, 0) is 4.79 Å². The first kappa shape index (κ1) is 15.8. The molecule has 0 radical (unpaired) electrons. The number of amides is 1. The Kier molecular flexibility index (Phi) is 6.05. The highest BCUT2D eigenvalue weighted by Gasteiger charge is 2.23. The van der Waals surface area contributed by atoms with Gasteiger partial charge in [0, 0.05) is 12.6 Å². The molecule has 0 bridgehead atoms. The summed E-state index contributed by atoms with van der Waals surface area (Å²) in [6.45, 7) is 2.57. The van der Waals surface area contributed by atoms with Crippen LogP contribution < -0.4 is 15.8 Å². The van der Waals surface area contributed by atoms with Gasteiger partial charge in [0.1, 0.15) is 5.75 Å². The monoisotopic (exact) mass is 290 g/mol. The zero-order chi connectivity index (χ0) is 15.1. The number of aryl methyl sites for hydroxylation is 1. The third kappa shape index (κ3) is 5.05. The van der Waals surface area contributed by atoms with Gasteiger partial charge in [-0.1, -0.05) is 37.0 Å². The van der Waals surface area contributed by atoms with Gasteiger partial charge < -0.3 is 15.8 Å². The second-order valence-electron chi connectivity index (χ2n) is 5.91. The van der Waals surface area contributed by atoms with Crippen LogP contribution in [0.3, 0.4) is 0 Å². The van der Waals surface area contributed by atoms with Crippen molar-refractivity contribution in [1.82, 2.24) is 5.32 Å². The van der Waals surface area contributed by atoms with E-state index in [-0.39, 0.29) is 18.6 Å². The summed E-state index contributed by atoms with van der Waals surface area (Å²) in [5.41, 5.74) is 6.99. The van der Waals surface area contributed by atoms with E-state index in [9.17, 15) is 4.79 Å². The molecule has 1 aromatic rings. The molecule has 4 heteroatoms. The summed E-state index contributed by atoms with van der Waals surface area (Å²) >= 11 is 0. The molecule has 1 aromatic carbocycles. The molecular formula is C17H26N2O2. The standard InChI is InChI=1S/C17H26N2O2/c1-13-7-9-15(10-8-13)21-12-17(20)19-16(11-18)14-5-3-2-4-6-14/h7-10,14,16H,2-6,11-12,18H2,1H3,(H,19,20). The minimum Gasteiger partial charge on any atom is -0.484 e. The molecule has 0 aromatic heterocycles. The van der Waals surface area contributed by atoms with Crippen LogP contribution in [0, 0.1) is 12.8 Å². The normalized spacial score (nSPS) is 17.2. The number of carbonyl (C=O) groups is 1. The fourth-order valence-corrected chi connectivity index (χ4v) is 2.94. The largest absolute Gasteiger partial charge is 0.484 e. The van der Waals surface area contributed by atoms with Crippen molar-refractivity contribution < 1.29 is 9.53 Å². The highest BCUT2D eigenvalue weighted by Crippen LogP contribution is 2.26. The van der Waals surface area contributed by atoms with Gasteiger partial charge in [-0.2, -0.15) is 0 Å². The van der Waals surface area contributed by atoms with E-state index >= 15 is 0 Å². The molecule has 1 atom stereocenters. The van der Waals surface area contributed by atoms with E-state index in [0.29, 0.717) is 12.5 Å². The molecule has 1 fully saturated rings. The lowest BCUT2D eigenvalue weighted by Gasteiger charge is -2.30. The van der Waals surface area contributed by atoms with E-state index in [2.05, 4.69) is 5.32 Å². The summed E-state index contributed by atoms with van der Waals surface area (Å²) in [5, 5.41) is 3.03. The highest BCUT2D eigenvalue weighted by atomic mass is 16.5. The minimum absolute atomic E-state index is 0.0479. The Morgan fingerprint density at radius 1 is 1.29 bits per heavy atom. The number of ether oxygens (including phenoxy) is 1. The molecule has 116 valence electrons. The zero-order valence-corrected chi connectivity index (χ0v) is 12.8. The maximum Gasteiger partial charge on any atom is 0.258 e. The van der Waals surface area contributed by atoms with Crippen molar-refractivity contribution in [3.63, 3.8) is 0 Å². The topological polar surface area (TPSA) is 64.3 Å². The predicted molar refractivity (Wildman–Crippen MR) is 84.2 cm³/mol. The van der Waals surface area contributed by atoms with Gasteiger partial charge >= 0.3 is 0 Å². The molecule has 1 saturated carbocycles. The molecule has 2 rings (SSSR count). The van der Waals surface area contributed by atoms with Crippen LogP contribution in [0.4, 0.5) is 0 Å². The van der Waals surface area contributed by atoms with Crippen LogP contribution in [0.25, 0.3) is 0 Å². The van der Waals surface area contributed by atoms with Crippen molar-refractivity contribution in [2.24, 2.45) is 11.7 Å². The highest BCUT2D eigenvalue weighted by molar-refractivity contribution is 5.77. The number of hydrogen-bond acceptors (Lipinski definition) is 3. The second-order valence-corrected chi connectivity index (χ2v) is 5.91. The first-order valence-corrected chi connectivity index (χ1v) is 7.88. The lowest BCUT2D eigenvalue weighted by molar-refractivity contribution is -0.124. The summed E-state index contributed by atoms with van der Waals surface area (Å²) in [5.74, 6) is 1.15. The maximum atomic E-state index is 12.0. The van der Waals surface area contributed by atoms with Crippen molar-refractivity contribution in [1.29, 1.82) is 0 Å². The van der Waals surface area contributed by atoms with E-state index < -0.39 is 0 Å². The minimum atomic E-state index is -0.0865. The van der Waals surface area contributed by atoms with Gasteiger partial charge in [-0.25, -0.2) is 0 Å². The van der Waals surface area contributed by atoms with Crippen molar-refractivity contribution in [2.75, 3.05) is 13.2 Å². The second kappa shape index (κ2) is 8.03. The Bertz CT molecular complexity index is 439. The van der Waals surface area contributed by atoms with Crippen LogP contribution in [0.15, 0.2) is 24.3 Å². The summed E-state index contributed by atoms with van der Waals surface area (Å²) in [6.07, 6.45) is 6.13. The Balaban J connectivity index is 1.78. The molecular weight excluding hydrogens is 264 g/mol. The molecule has 0 saturated heterocycles. The molecule has 1 aliphatic carbocycles. The third-order valence-electron chi connectivity index (χ3n) is 4.21. The fourth-order valence-electron chi connectivity index (χ4n) is 2.94. The van der Waals surface area contributed by atoms with Gasteiger partial charge in [0.05, 0.1) is 0 Å². The average Bonchev–Trinajstić information content (AvgIpc) is 2.53. The van der Waals surface area contributed by atoms with Crippen LogP contribution >= 0.6 is 0 Å². The molecule has 1 unspecified atom stereocenters. The van der Waals surface area contributed by atoms with Gasteiger partial charge in [-0.15, -0.1) is 0 Å². The number of rotatable bonds is 6. The first-order chi connectivity index (χ1) is 10.2. The summed E-state index contributed by atoms with van der Waals surface area (Å²) in [7, 11) is 0. The number of carbonyl (C=O) groups excluding carboxylic acids is 1. The van der Waals surface area contributed by atoms with E-state index in [1.807, 2.05) is 31.2 Å². The lowest BCUT2D eigenvalue weighted by atomic mass is 9.84. The van der Waals surface area contributed by atoms with Crippen molar-refractivity contribution in [2.45, 2.75) is 45.1 Å². The average molecular weight is 290 g/mol. The molecule has 0 aliphatic heterocycles. The lowest BCUT2D eigenvalue weighted by Crippen LogP contribution is -2.47. The van der Waals surface area contributed by atoms with Gasteiger partial charge in [0.25, 0.3) is 5.91 Å². The van der Waals surface area contributed by atoms with Gasteiger partial charge in [-0.05, 0) is 37.8 Å². The summed E-state index contributed by atoms with van der Waals surface area (Å²) in [6, 6.07) is 7.78. The third-order valence-corrected chi connectivity index (χ3v) is 4.21. The molecule has 0 spiro atoms. The van der Waals surface area contributed by atoms with Gasteiger partial charge in [0.2, 0.25) is 0 Å². The smallest absolute Gasteiger partial charge is 0.258 e. The number of nitrogens with two attached hydrogens (primary N) is 1. The SMILES string of the molecule is Cc1ccc(OCC(=O)NC(CN)C2CCCCC2)cc1. The molecule has 3 N–H and O–H groups in total. The Hall–Kier alpha value is -1.55. The van der Waals surface area contributed by atoms with Crippen LogP contribution in [0.2, 0.25) is 0 Å². The molecule has 21 heavy (non-hydrogen) atoms. The Morgan fingerprint density at radius 2 is 1.95 bits per heavy atom. The van der Waals surface area contributed by atoms with E-state index in [1.165, 1.54) is 37.7 Å². The first-order valence-electron chi connectivity index (χ1n) is 7.88. The van der Waals surface area contributed by atoms with Gasteiger partial charge in [-0.3, -0.25) is 4.79 Å². The van der Waals surface area contributed by atoms with Crippen molar-refractivity contribution in [3.8, 4) is 5.75 Å². The van der Waals surface area contributed by atoms with Gasteiger partial charge in [0.15, 0.2) is 6.61 Å². The summed E-state index contributed by atoms with van der Waals surface area (Å²) < 4.78 is 5.50. The van der Waals surface area contributed by atoms with Crippen LogP contribution in [0.5, 0.6) is 5.75 Å². The van der Waals surface area contributed by atoms with E-state index in [4.69, 9.17) is 10.5 Å². The molecule has 4 nitrogen and oxygen atoms in total. The van der Waals surface area contributed by atoms with E-state index in [0.717, 1.165) is 5.75 Å². The number of nitrogens with one attached hydrogen (secondary N) is 1. The van der Waals surface area contributed by atoms with Crippen LogP contribution in [0.1, 0.15) is 37.7 Å². The van der Waals surface area contributed by atoms with Crippen molar-refractivity contribution in [3.05, 3.63) is 29.8 Å². The zero-order valence-electron chi connectivity index (χ0n) is 12.8. The Labute approximate surface area is 127 Å². The maximum absolute atomic E-state index is 12.0. The Morgan fingerprint density at radius 3 is 2.57 bits per heavy atom. The van der Waals surface area contributed by atoms with Crippen molar-refractivity contribution >= 4 is 5.91 Å². The molecule has 1 amide bonds. The number of hydrogen-bond donors (Lipinski definition) is 2. The number of benzene rings is 1. The predicted octanol–water partition coefficient (Wildman–Crippen LogP) is 2.40. The molecule has 0 heterocycles. The summed E-state index contributed by atoms with van der Waals surface area (Å²) in [4.78, 5) is 12.0. The fraction of sp³-hybridized carbons (Fsp3) is 0.588.